The molecule has 0 aliphatic carbocycles. The maximum atomic E-state index is 13.0. The lowest BCUT2D eigenvalue weighted by molar-refractivity contribution is 0.0741. The molecule has 2 aromatic carbocycles. The van der Waals surface area contributed by atoms with Crippen LogP contribution >= 0.6 is 0 Å². The second kappa shape index (κ2) is 8.63. The summed E-state index contributed by atoms with van der Waals surface area (Å²) < 4.78 is 5.42. The predicted octanol–water partition coefficient (Wildman–Crippen LogP) is 3.66. The van der Waals surface area contributed by atoms with Crippen molar-refractivity contribution in [1.82, 2.24) is 20.1 Å². The number of ether oxygens (including phenoxy) is 1. The van der Waals surface area contributed by atoms with Crippen molar-refractivity contribution in [2.24, 2.45) is 0 Å². The van der Waals surface area contributed by atoms with Gasteiger partial charge in [-0.3, -0.25) is 4.79 Å². The molecule has 0 N–H and O–H groups in total. The monoisotopic (exact) mass is 425 g/mol. The zero-order valence-corrected chi connectivity index (χ0v) is 17.8. The molecule has 1 fully saturated rings. The van der Waals surface area contributed by atoms with Crippen LogP contribution in [0, 0.1) is 0 Å². The largest absolute Gasteiger partial charge is 0.496 e. The second-order valence-corrected chi connectivity index (χ2v) is 7.65. The van der Waals surface area contributed by atoms with Crippen molar-refractivity contribution in [3.05, 3.63) is 78.5 Å². The number of rotatable bonds is 4. The standard InChI is InChI=1S/C25H23N5O2/c1-32-23-9-5-3-7-19(23)21-12-13-24(28-27-21)29-14-16-30(17-15-29)25(31)22-11-10-18-6-2-4-8-20(18)26-22/h2-13H,14-17H2,1H3. The molecule has 4 aromatic rings. The minimum absolute atomic E-state index is 0.0343. The fourth-order valence-corrected chi connectivity index (χ4v) is 3.98. The van der Waals surface area contributed by atoms with Crippen LogP contribution in [0.1, 0.15) is 10.5 Å². The Labute approximate surface area is 186 Å². The van der Waals surface area contributed by atoms with E-state index in [0.717, 1.165) is 33.7 Å². The summed E-state index contributed by atoms with van der Waals surface area (Å²) in [5.74, 6) is 1.54. The molecule has 1 amide bonds. The number of pyridine rings is 1. The molecule has 2 aromatic heterocycles. The number of carbonyl (C=O) groups is 1. The number of amides is 1. The SMILES string of the molecule is COc1ccccc1-c1ccc(N2CCN(C(=O)c3ccc4ccccc4n3)CC2)nn1. The van der Waals surface area contributed by atoms with Gasteiger partial charge in [-0.05, 0) is 36.4 Å². The molecule has 3 heterocycles. The van der Waals surface area contributed by atoms with E-state index in [2.05, 4.69) is 20.1 Å². The molecule has 7 heteroatoms. The number of piperazine rings is 1. The van der Waals surface area contributed by atoms with Gasteiger partial charge in [0.15, 0.2) is 5.82 Å². The van der Waals surface area contributed by atoms with Gasteiger partial charge in [0.1, 0.15) is 11.4 Å². The van der Waals surface area contributed by atoms with Crippen molar-refractivity contribution in [1.29, 1.82) is 0 Å². The molecule has 7 nitrogen and oxygen atoms in total. The number of hydrogen-bond acceptors (Lipinski definition) is 6. The molecule has 160 valence electrons. The zero-order valence-electron chi connectivity index (χ0n) is 17.8. The minimum Gasteiger partial charge on any atom is -0.496 e. The van der Waals surface area contributed by atoms with Gasteiger partial charge in [0.25, 0.3) is 5.91 Å². The first kappa shape index (κ1) is 19.9. The normalized spacial score (nSPS) is 13.9. The van der Waals surface area contributed by atoms with E-state index >= 15 is 0 Å². The van der Waals surface area contributed by atoms with Crippen LogP contribution in [0.5, 0.6) is 5.75 Å². The van der Waals surface area contributed by atoms with Crippen molar-refractivity contribution < 1.29 is 9.53 Å². The summed E-state index contributed by atoms with van der Waals surface area (Å²) in [5, 5.41) is 9.85. The third-order valence-corrected chi connectivity index (χ3v) is 5.74. The number of nitrogens with zero attached hydrogens (tertiary/aromatic N) is 5. The van der Waals surface area contributed by atoms with E-state index in [1.54, 1.807) is 13.2 Å². The summed E-state index contributed by atoms with van der Waals surface area (Å²) in [6.07, 6.45) is 0. The average molecular weight is 425 g/mol. The van der Waals surface area contributed by atoms with Crippen LogP contribution in [-0.4, -0.2) is 59.3 Å². The number of para-hydroxylation sites is 2. The minimum atomic E-state index is -0.0343. The maximum Gasteiger partial charge on any atom is 0.272 e. The molecule has 0 atom stereocenters. The van der Waals surface area contributed by atoms with Crippen LogP contribution in [0.4, 0.5) is 5.82 Å². The van der Waals surface area contributed by atoms with Crippen LogP contribution in [-0.2, 0) is 0 Å². The van der Waals surface area contributed by atoms with E-state index in [1.165, 1.54) is 0 Å². The first-order chi connectivity index (χ1) is 15.7. The summed E-state index contributed by atoms with van der Waals surface area (Å²) in [6.45, 7) is 2.62. The Morgan fingerprint density at radius 1 is 0.844 bits per heavy atom. The van der Waals surface area contributed by atoms with Gasteiger partial charge in [-0.1, -0.05) is 36.4 Å². The molecule has 5 rings (SSSR count). The Morgan fingerprint density at radius 2 is 1.62 bits per heavy atom. The predicted molar refractivity (Wildman–Crippen MR) is 124 cm³/mol. The molecule has 1 aliphatic heterocycles. The van der Waals surface area contributed by atoms with Gasteiger partial charge >= 0.3 is 0 Å². The molecule has 0 bridgehead atoms. The Hall–Kier alpha value is -4.00. The first-order valence-corrected chi connectivity index (χ1v) is 10.6. The Morgan fingerprint density at radius 3 is 2.41 bits per heavy atom. The smallest absolute Gasteiger partial charge is 0.272 e. The van der Waals surface area contributed by atoms with Crippen molar-refractivity contribution >= 4 is 22.6 Å². The van der Waals surface area contributed by atoms with Crippen molar-refractivity contribution in [2.75, 3.05) is 38.2 Å². The number of hydrogen-bond donors (Lipinski definition) is 0. The van der Waals surface area contributed by atoms with Crippen molar-refractivity contribution in [3.63, 3.8) is 0 Å². The first-order valence-electron chi connectivity index (χ1n) is 10.6. The second-order valence-electron chi connectivity index (χ2n) is 7.65. The number of anilines is 1. The van der Waals surface area contributed by atoms with Gasteiger partial charge in [0.2, 0.25) is 0 Å². The number of methoxy groups -OCH3 is 1. The highest BCUT2D eigenvalue weighted by atomic mass is 16.5. The van der Waals surface area contributed by atoms with Gasteiger partial charge < -0.3 is 14.5 Å². The van der Waals surface area contributed by atoms with Crippen LogP contribution < -0.4 is 9.64 Å². The summed E-state index contributed by atoms with van der Waals surface area (Å²) in [4.78, 5) is 21.5. The highest BCUT2D eigenvalue weighted by Crippen LogP contribution is 2.28. The lowest BCUT2D eigenvalue weighted by Gasteiger charge is -2.35. The van der Waals surface area contributed by atoms with Crippen LogP contribution in [0.2, 0.25) is 0 Å². The number of aromatic nitrogens is 3. The third kappa shape index (κ3) is 3.85. The molecule has 32 heavy (non-hydrogen) atoms. The molecule has 0 spiro atoms. The van der Waals surface area contributed by atoms with E-state index in [1.807, 2.05) is 71.6 Å². The highest BCUT2D eigenvalue weighted by molar-refractivity contribution is 5.95. The van der Waals surface area contributed by atoms with E-state index in [-0.39, 0.29) is 5.91 Å². The van der Waals surface area contributed by atoms with Crippen LogP contribution in [0.25, 0.3) is 22.2 Å². The van der Waals surface area contributed by atoms with Crippen LogP contribution in [0.15, 0.2) is 72.8 Å². The van der Waals surface area contributed by atoms with Gasteiger partial charge in [-0.25, -0.2) is 4.98 Å². The van der Waals surface area contributed by atoms with E-state index in [4.69, 9.17) is 4.74 Å². The van der Waals surface area contributed by atoms with Gasteiger partial charge in [-0.15, -0.1) is 10.2 Å². The van der Waals surface area contributed by atoms with Gasteiger partial charge in [0, 0.05) is 37.1 Å². The molecule has 1 aliphatic rings. The lowest BCUT2D eigenvalue weighted by atomic mass is 10.1. The number of carbonyl (C=O) groups excluding carboxylic acids is 1. The summed E-state index contributed by atoms with van der Waals surface area (Å²) in [6, 6.07) is 23.3. The van der Waals surface area contributed by atoms with E-state index < -0.39 is 0 Å². The molecular formula is C25H23N5O2. The molecule has 0 radical (unpaired) electrons. The molecular weight excluding hydrogens is 402 g/mol. The Balaban J connectivity index is 1.25. The lowest BCUT2D eigenvalue weighted by Crippen LogP contribution is -2.49. The fourth-order valence-electron chi connectivity index (χ4n) is 3.98. The number of benzene rings is 2. The molecule has 0 saturated carbocycles. The summed E-state index contributed by atoms with van der Waals surface area (Å²) in [7, 11) is 1.65. The zero-order chi connectivity index (χ0) is 21.9. The van der Waals surface area contributed by atoms with Crippen molar-refractivity contribution in [2.45, 2.75) is 0 Å². The Kier molecular flexibility index (Phi) is 5.37. The van der Waals surface area contributed by atoms with Crippen molar-refractivity contribution in [3.8, 4) is 17.0 Å². The Bertz CT molecular complexity index is 1250. The van der Waals surface area contributed by atoms with Gasteiger partial charge in [0.05, 0.1) is 18.3 Å². The quantitative estimate of drug-likeness (QED) is 0.497. The number of fused-ring (bicyclic) bond motifs is 1. The summed E-state index contributed by atoms with van der Waals surface area (Å²) >= 11 is 0. The fraction of sp³-hybridized carbons (Fsp3) is 0.200. The van der Waals surface area contributed by atoms with Gasteiger partial charge in [-0.2, -0.15) is 0 Å². The molecule has 1 saturated heterocycles. The highest BCUT2D eigenvalue weighted by Gasteiger charge is 2.24. The topological polar surface area (TPSA) is 71.5 Å². The molecule has 0 unspecified atom stereocenters. The maximum absolute atomic E-state index is 13.0. The third-order valence-electron chi connectivity index (χ3n) is 5.74. The average Bonchev–Trinajstić information content (AvgIpc) is 2.88. The van der Waals surface area contributed by atoms with Crippen LogP contribution in [0.3, 0.4) is 0 Å². The van der Waals surface area contributed by atoms with E-state index in [9.17, 15) is 4.79 Å². The van der Waals surface area contributed by atoms with E-state index in [0.29, 0.717) is 31.9 Å². The summed E-state index contributed by atoms with van der Waals surface area (Å²) in [5.41, 5.74) is 3.00.